The molecule has 0 aliphatic heterocycles. The molecule has 0 aromatic heterocycles. The number of carboxylic acids is 1. The summed E-state index contributed by atoms with van der Waals surface area (Å²) in [5.41, 5.74) is 6.18. The minimum absolute atomic E-state index is 0.333. The van der Waals surface area contributed by atoms with Gasteiger partial charge in [-0.3, -0.25) is 4.79 Å². The lowest BCUT2D eigenvalue weighted by Gasteiger charge is -2.21. The van der Waals surface area contributed by atoms with E-state index in [1.54, 1.807) is 6.07 Å². The quantitative estimate of drug-likeness (QED) is 0.142. The normalized spacial score (nSPS) is 14.6. The maximum Gasteiger partial charge on any atom is 0.343 e. The molecule has 3 aromatic rings. The zero-order valence-corrected chi connectivity index (χ0v) is 22.6. The molecule has 1 aliphatic rings. The molecule has 1 atom stereocenters. The lowest BCUT2D eigenvalue weighted by atomic mass is 9.84. The van der Waals surface area contributed by atoms with Gasteiger partial charge >= 0.3 is 11.9 Å². The highest BCUT2D eigenvalue weighted by atomic mass is 16.5. The lowest BCUT2D eigenvalue weighted by molar-refractivity contribution is -0.142. The molecule has 0 amide bonds. The fraction of sp³-hybridized carbons (Fsp3) is 0.412. The van der Waals surface area contributed by atoms with Crippen molar-refractivity contribution in [2.24, 2.45) is 5.92 Å². The molecule has 0 radical (unpaired) electrons. The summed E-state index contributed by atoms with van der Waals surface area (Å²) in [6.07, 6.45) is 13.7. The Kier molecular flexibility index (Phi) is 10.1. The fourth-order valence-electron chi connectivity index (χ4n) is 5.30. The van der Waals surface area contributed by atoms with Gasteiger partial charge < -0.3 is 9.84 Å². The van der Waals surface area contributed by atoms with Crippen LogP contribution in [-0.4, -0.2) is 17.0 Å². The molecule has 1 N–H and O–H groups in total. The molecule has 38 heavy (non-hydrogen) atoms. The van der Waals surface area contributed by atoms with E-state index in [-0.39, 0.29) is 5.92 Å². The fourth-order valence-corrected chi connectivity index (χ4v) is 5.30. The van der Waals surface area contributed by atoms with Crippen LogP contribution < -0.4 is 4.74 Å². The number of carboxylic acid groups (broad SMARTS) is 1. The average Bonchev–Trinajstić information content (AvgIpc) is 2.94. The van der Waals surface area contributed by atoms with Gasteiger partial charge in [0.15, 0.2) is 0 Å². The first kappa shape index (κ1) is 27.6. The van der Waals surface area contributed by atoms with Crippen molar-refractivity contribution in [1.29, 1.82) is 0 Å². The van der Waals surface area contributed by atoms with Crippen molar-refractivity contribution in [3.8, 4) is 16.9 Å². The van der Waals surface area contributed by atoms with Gasteiger partial charge in [0, 0.05) is 0 Å². The van der Waals surface area contributed by atoms with Gasteiger partial charge in [-0.1, -0.05) is 94.3 Å². The molecule has 200 valence electrons. The standard InChI is InChI=1S/C34H40O4/c1-2-3-4-5-6-7-8-9-10-25-11-13-26(14-12-25)27-15-17-28(18-16-27)34(37)38-32-22-21-29-23-31(33(35)36)20-19-30(29)24-32/h11-18,21-22,24,31H,2-10,19-20,23H2,1H3,(H,35,36). The predicted molar refractivity (Wildman–Crippen MR) is 153 cm³/mol. The third-order valence-corrected chi connectivity index (χ3v) is 7.69. The van der Waals surface area contributed by atoms with E-state index in [2.05, 4.69) is 31.2 Å². The molecular formula is C34H40O4. The van der Waals surface area contributed by atoms with Gasteiger partial charge in [-0.25, -0.2) is 4.79 Å². The van der Waals surface area contributed by atoms with Crippen LogP contribution in [0.2, 0.25) is 0 Å². The SMILES string of the molecule is CCCCCCCCCCc1ccc(-c2ccc(C(=O)Oc3ccc4c(c3)CCC(C(=O)O)C4)cc2)cc1. The molecule has 0 fully saturated rings. The van der Waals surface area contributed by atoms with Crippen LogP contribution in [0.3, 0.4) is 0 Å². The van der Waals surface area contributed by atoms with Gasteiger partial charge in [0.1, 0.15) is 5.75 Å². The number of unbranched alkanes of at least 4 members (excludes halogenated alkanes) is 7. The largest absolute Gasteiger partial charge is 0.481 e. The zero-order valence-electron chi connectivity index (χ0n) is 22.6. The van der Waals surface area contributed by atoms with Gasteiger partial charge in [0.25, 0.3) is 0 Å². The van der Waals surface area contributed by atoms with Crippen LogP contribution in [0.4, 0.5) is 0 Å². The van der Waals surface area contributed by atoms with E-state index in [0.29, 0.717) is 30.6 Å². The van der Waals surface area contributed by atoms with Crippen LogP contribution in [-0.2, 0) is 24.1 Å². The van der Waals surface area contributed by atoms with Crippen LogP contribution in [0.25, 0.3) is 11.1 Å². The second-order valence-corrected chi connectivity index (χ2v) is 10.6. The summed E-state index contributed by atoms with van der Waals surface area (Å²) in [6.45, 7) is 2.26. The van der Waals surface area contributed by atoms with Gasteiger partial charge in [0.2, 0.25) is 0 Å². The maximum absolute atomic E-state index is 12.7. The molecule has 0 spiro atoms. The predicted octanol–water partition coefficient (Wildman–Crippen LogP) is 8.45. The number of ether oxygens (including phenoxy) is 1. The Bertz CT molecular complexity index is 1190. The lowest BCUT2D eigenvalue weighted by Crippen LogP contribution is -2.22. The van der Waals surface area contributed by atoms with E-state index in [4.69, 9.17) is 4.74 Å². The van der Waals surface area contributed by atoms with E-state index < -0.39 is 11.9 Å². The summed E-state index contributed by atoms with van der Waals surface area (Å²) in [4.78, 5) is 24.0. The van der Waals surface area contributed by atoms with E-state index in [9.17, 15) is 14.7 Å². The van der Waals surface area contributed by atoms with Crippen LogP contribution in [0.15, 0.2) is 66.7 Å². The van der Waals surface area contributed by atoms with Crippen LogP contribution in [0, 0.1) is 5.92 Å². The summed E-state index contributed by atoms with van der Waals surface area (Å²) < 4.78 is 5.63. The van der Waals surface area contributed by atoms with Crippen LogP contribution in [0.1, 0.15) is 91.8 Å². The second kappa shape index (κ2) is 13.9. The molecule has 4 nitrogen and oxygen atoms in total. The van der Waals surface area contributed by atoms with Crippen molar-refractivity contribution in [1.82, 2.24) is 0 Å². The molecule has 0 heterocycles. The topological polar surface area (TPSA) is 63.6 Å². The van der Waals surface area contributed by atoms with E-state index in [1.165, 1.54) is 56.9 Å². The second-order valence-electron chi connectivity index (χ2n) is 10.6. The number of aliphatic carboxylic acids is 1. The van der Waals surface area contributed by atoms with Crippen LogP contribution >= 0.6 is 0 Å². The summed E-state index contributed by atoms with van der Waals surface area (Å²) in [6, 6.07) is 21.8. The first-order chi connectivity index (χ1) is 18.5. The average molecular weight is 513 g/mol. The first-order valence-electron chi connectivity index (χ1n) is 14.3. The molecule has 0 saturated heterocycles. The number of carbonyl (C=O) groups is 2. The highest BCUT2D eigenvalue weighted by Gasteiger charge is 2.24. The first-order valence-corrected chi connectivity index (χ1v) is 14.3. The van der Waals surface area contributed by atoms with Crippen molar-refractivity contribution >= 4 is 11.9 Å². The molecule has 4 rings (SSSR count). The molecule has 3 aromatic carbocycles. The molecule has 0 saturated carbocycles. The Hall–Kier alpha value is -3.40. The number of hydrogen-bond donors (Lipinski definition) is 1. The van der Waals surface area contributed by atoms with Gasteiger partial charge in [-0.05, 0) is 84.2 Å². The number of esters is 1. The minimum atomic E-state index is -0.746. The van der Waals surface area contributed by atoms with E-state index in [0.717, 1.165) is 28.7 Å². The van der Waals surface area contributed by atoms with Crippen molar-refractivity contribution in [2.45, 2.75) is 84.0 Å². The summed E-state index contributed by atoms with van der Waals surface area (Å²) >= 11 is 0. The highest BCUT2D eigenvalue weighted by Crippen LogP contribution is 2.29. The number of rotatable bonds is 13. The number of fused-ring (bicyclic) bond motifs is 1. The zero-order chi connectivity index (χ0) is 26.7. The third kappa shape index (κ3) is 7.80. The number of hydrogen-bond acceptors (Lipinski definition) is 3. The van der Waals surface area contributed by atoms with Gasteiger partial charge in [0.05, 0.1) is 11.5 Å². The van der Waals surface area contributed by atoms with Crippen molar-refractivity contribution < 1.29 is 19.4 Å². The van der Waals surface area contributed by atoms with E-state index in [1.807, 2.05) is 36.4 Å². The summed E-state index contributed by atoms with van der Waals surface area (Å²) in [5.74, 6) is -0.972. The Morgan fingerprint density at radius 1 is 0.789 bits per heavy atom. The van der Waals surface area contributed by atoms with Crippen molar-refractivity contribution in [3.63, 3.8) is 0 Å². The maximum atomic E-state index is 12.7. The monoisotopic (exact) mass is 512 g/mol. The number of aryl methyl sites for hydroxylation is 2. The smallest absolute Gasteiger partial charge is 0.343 e. The van der Waals surface area contributed by atoms with Gasteiger partial charge in [-0.15, -0.1) is 0 Å². The van der Waals surface area contributed by atoms with Crippen molar-refractivity contribution in [3.05, 3.63) is 89.0 Å². The minimum Gasteiger partial charge on any atom is -0.481 e. The Morgan fingerprint density at radius 3 is 2.08 bits per heavy atom. The molecule has 0 bridgehead atoms. The Labute approximate surface area is 227 Å². The van der Waals surface area contributed by atoms with E-state index >= 15 is 0 Å². The summed E-state index contributed by atoms with van der Waals surface area (Å²) in [5, 5.41) is 9.27. The Morgan fingerprint density at radius 2 is 1.42 bits per heavy atom. The molecular weight excluding hydrogens is 472 g/mol. The third-order valence-electron chi connectivity index (χ3n) is 7.69. The molecule has 4 heteroatoms. The van der Waals surface area contributed by atoms with Gasteiger partial charge in [-0.2, -0.15) is 0 Å². The van der Waals surface area contributed by atoms with Crippen molar-refractivity contribution in [2.75, 3.05) is 0 Å². The van der Waals surface area contributed by atoms with Crippen LogP contribution in [0.5, 0.6) is 5.75 Å². The Balaban J connectivity index is 1.25. The number of carbonyl (C=O) groups excluding carboxylic acids is 1. The highest BCUT2D eigenvalue weighted by molar-refractivity contribution is 5.91. The molecule has 1 unspecified atom stereocenters. The number of benzene rings is 3. The summed E-state index contributed by atoms with van der Waals surface area (Å²) in [7, 11) is 0. The molecule has 1 aliphatic carbocycles.